The first-order valence-electron chi connectivity index (χ1n) is 4.50. The fraction of sp³-hybridized carbons (Fsp3) is 0.182. The zero-order valence-electron chi connectivity index (χ0n) is 8.24. The van der Waals surface area contributed by atoms with Gasteiger partial charge in [-0.2, -0.15) is 0 Å². The molecule has 0 aliphatic rings. The molecule has 0 bridgehead atoms. The number of nitrogens with one attached hydrogen (secondary N) is 1. The van der Waals surface area contributed by atoms with E-state index in [0.717, 1.165) is 10.7 Å². The Hall–Kier alpha value is -1.35. The fourth-order valence-corrected chi connectivity index (χ4v) is 1.74. The number of hydrogen-bond acceptors (Lipinski definition) is 1. The molecular weight excluding hydrogens is 192 g/mol. The molecular formula is C11H12N2S. The van der Waals surface area contributed by atoms with Crippen LogP contribution < -0.4 is 5.32 Å². The lowest BCUT2D eigenvalue weighted by Gasteiger charge is -2.00. The van der Waals surface area contributed by atoms with Gasteiger partial charge in [-0.25, -0.2) is 0 Å². The fourth-order valence-electron chi connectivity index (χ4n) is 1.63. The second-order valence-electron chi connectivity index (χ2n) is 3.35. The van der Waals surface area contributed by atoms with Crippen molar-refractivity contribution in [2.75, 3.05) is 5.32 Å². The van der Waals surface area contributed by atoms with Crippen LogP contribution in [0.2, 0.25) is 0 Å². The molecule has 72 valence electrons. The first kappa shape index (κ1) is 9.21. The molecule has 2 nitrogen and oxygen atoms in total. The van der Waals surface area contributed by atoms with Gasteiger partial charge in [0.05, 0.1) is 10.7 Å². The molecule has 0 atom stereocenters. The van der Waals surface area contributed by atoms with E-state index in [9.17, 15) is 0 Å². The van der Waals surface area contributed by atoms with Crippen LogP contribution in [-0.4, -0.2) is 9.56 Å². The summed E-state index contributed by atoms with van der Waals surface area (Å²) in [4.78, 5) is 0.793. The number of rotatable bonds is 1. The third-order valence-corrected chi connectivity index (χ3v) is 2.31. The largest absolute Gasteiger partial charge is 0.349 e. The van der Waals surface area contributed by atoms with Gasteiger partial charge >= 0.3 is 0 Å². The van der Waals surface area contributed by atoms with Crippen LogP contribution in [0.25, 0.3) is 10.9 Å². The van der Waals surface area contributed by atoms with E-state index in [1.807, 2.05) is 26.1 Å². The monoisotopic (exact) mass is 204 g/mol. The van der Waals surface area contributed by atoms with Gasteiger partial charge in [0.1, 0.15) is 0 Å². The molecule has 2 aromatic rings. The number of hydrogen-bond donors (Lipinski definition) is 1. The first-order chi connectivity index (χ1) is 6.68. The summed E-state index contributed by atoms with van der Waals surface area (Å²) in [5, 5.41) is 4.39. The van der Waals surface area contributed by atoms with Crippen LogP contribution in [0.5, 0.6) is 0 Å². The summed E-state index contributed by atoms with van der Waals surface area (Å²) < 4.78 is 2.09. The van der Waals surface area contributed by atoms with Gasteiger partial charge in [0.15, 0.2) is 0 Å². The van der Waals surface area contributed by atoms with Crippen LogP contribution in [0.4, 0.5) is 5.69 Å². The normalized spacial score (nSPS) is 10.4. The zero-order chi connectivity index (χ0) is 10.1. The lowest BCUT2D eigenvalue weighted by atomic mass is 10.2. The molecule has 0 aliphatic heterocycles. The van der Waals surface area contributed by atoms with Gasteiger partial charge < -0.3 is 9.88 Å². The molecule has 0 spiro atoms. The predicted molar refractivity (Wildman–Crippen MR) is 64.8 cm³/mol. The maximum Gasteiger partial charge on any atom is 0.0766 e. The molecule has 3 heteroatoms. The van der Waals surface area contributed by atoms with E-state index in [1.165, 1.54) is 10.9 Å². The third kappa shape index (κ3) is 1.51. The standard InChI is InChI=1S/C11H12N2S/c1-8(14)12-10-7-13(2)11-6-4-3-5-9(10)11/h3-7H,1-2H3,(H,12,14). The molecule has 14 heavy (non-hydrogen) atoms. The zero-order valence-corrected chi connectivity index (χ0v) is 9.06. The van der Waals surface area contributed by atoms with Crippen molar-refractivity contribution in [2.24, 2.45) is 7.05 Å². The SMILES string of the molecule is CC(=S)Nc1cn(C)c2ccccc12. The van der Waals surface area contributed by atoms with Crippen molar-refractivity contribution >= 4 is 33.8 Å². The summed E-state index contributed by atoms with van der Waals surface area (Å²) in [6.45, 7) is 1.89. The van der Waals surface area contributed by atoms with Gasteiger partial charge in [0, 0.05) is 24.1 Å². The second-order valence-corrected chi connectivity index (χ2v) is 3.96. The number of para-hydroxylation sites is 1. The minimum atomic E-state index is 0.793. The molecule has 1 aromatic heterocycles. The number of fused-ring (bicyclic) bond motifs is 1. The Labute approximate surface area is 88.5 Å². The summed E-state index contributed by atoms with van der Waals surface area (Å²) >= 11 is 5.03. The minimum Gasteiger partial charge on any atom is -0.349 e. The quantitative estimate of drug-likeness (QED) is 0.719. The molecule has 2 rings (SSSR count). The van der Waals surface area contributed by atoms with E-state index in [-0.39, 0.29) is 0 Å². The van der Waals surface area contributed by atoms with Crippen LogP contribution in [0, 0.1) is 0 Å². The van der Waals surface area contributed by atoms with Crippen LogP contribution in [0.15, 0.2) is 30.5 Å². The van der Waals surface area contributed by atoms with E-state index in [0.29, 0.717) is 0 Å². The van der Waals surface area contributed by atoms with Crippen molar-refractivity contribution in [3.63, 3.8) is 0 Å². The van der Waals surface area contributed by atoms with Crippen molar-refractivity contribution in [1.29, 1.82) is 0 Å². The van der Waals surface area contributed by atoms with E-state index in [2.05, 4.69) is 28.2 Å². The van der Waals surface area contributed by atoms with Crippen molar-refractivity contribution in [3.8, 4) is 0 Å². The van der Waals surface area contributed by atoms with Crippen molar-refractivity contribution in [3.05, 3.63) is 30.5 Å². The van der Waals surface area contributed by atoms with E-state index < -0.39 is 0 Å². The number of benzene rings is 1. The molecule has 0 saturated heterocycles. The average Bonchev–Trinajstić information content (AvgIpc) is 2.44. The number of aryl methyl sites for hydroxylation is 1. The molecule has 0 radical (unpaired) electrons. The maximum absolute atomic E-state index is 5.03. The highest BCUT2D eigenvalue weighted by Gasteiger charge is 2.04. The van der Waals surface area contributed by atoms with Gasteiger partial charge in [-0.3, -0.25) is 0 Å². The second kappa shape index (κ2) is 3.42. The Morgan fingerprint density at radius 3 is 2.79 bits per heavy atom. The number of anilines is 1. The predicted octanol–water partition coefficient (Wildman–Crippen LogP) is 2.94. The highest BCUT2D eigenvalue weighted by molar-refractivity contribution is 7.80. The summed E-state index contributed by atoms with van der Waals surface area (Å²) in [5.41, 5.74) is 2.29. The Kier molecular flexibility index (Phi) is 2.25. The van der Waals surface area contributed by atoms with Gasteiger partial charge in [-0.1, -0.05) is 30.4 Å². The molecule has 1 N–H and O–H groups in total. The van der Waals surface area contributed by atoms with Crippen LogP contribution in [0.1, 0.15) is 6.92 Å². The number of aromatic nitrogens is 1. The van der Waals surface area contributed by atoms with Gasteiger partial charge in [0.25, 0.3) is 0 Å². The minimum absolute atomic E-state index is 0.793. The molecule has 0 fully saturated rings. The summed E-state index contributed by atoms with van der Waals surface area (Å²) in [6, 6.07) is 8.26. The van der Waals surface area contributed by atoms with E-state index in [4.69, 9.17) is 12.2 Å². The van der Waals surface area contributed by atoms with Gasteiger partial charge in [-0.05, 0) is 13.0 Å². The van der Waals surface area contributed by atoms with Crippen LogP contribution >= 0.6 is 12.2 Å². The Morgan fingerprint density at radius 1 is 1.36 bits per heavy atom. The molecule has 0 saturated carbocycles. The third-order valence-electron chi connectivity index (χ3n) is 2.21. The molecule has 1 heterocycles. The number of nitrogens with zero attached hydrogens (tertiary/aromatic N) is 1. The van der Waals surface area contributed by atoms with Crippen LogP contribution in [0.3, 0.4) is 0 Å². The summed E-state index contributed by atoms with van der Waals surface area (Å²) in [5.74, 6) is 0. The molecule has 0 unspecified atom stereocenters. The smallest absolute Gasteiger partial charge is 0.0766 e. The topological polar surface area (TPSA) is 17.0 Å². The lowest BCUT2D eigenvalue weighted by molar-refractivity contribution is 0.970. The van der Waals surface area contributed by atoms with Gasteiger partial charge in [-0.15, -0.1) is 0 Å². The summed E-state index contributed by atoms with van der Waals surface area (Å²) in [7, 11) is 2.03. The molecule has 1 aromatic carbocycles. The van der Waals surface area contributed by atoms with E-state index >= 15 is 0 Å². The lowest BCUT2D eigenvalue weighted by Crippen LogP contribution is -2.02. The highest BCUT2D eigenvalue weighted by Crippen LogP contribution is 2.24. The van der Waals surface area contributed by atoms with Gasteiger partial charge in [0.2, 0.25) is 0 Å². The Morgan fingerprint density at radius 2 is 2.07 bits per heavy atom. The van der Waals surface area contributed by atoms with Crippen molar-refractivity contribution in [1.82, 2.24) is 4.57 Å². The molecule has 0 aliphatic carbocycles. The first-order valence-corrected chi connectivity index (χ1v) is 4.91. The van der Waals surface area contributed by atoms with Crippen molar-refractivity contribution in [2.45, 2.75) is 6.92 Å². The average molecular weight is 204 g/mol. The maximum atomic E-state index is 5.03. The van der Waals surface area contributed by atoms with Crippen molar-refractivity contribution < 1.29 is 0 Å². The van der Waals surface area contributed by atoms with E-state index in [1.54, 1.807) is 0 Å². The Balaban J connectivity index is 2.60. The summed E-state index contributed by atoms with van der Waals surface area (Å²) in [6.07, 6.45) is 2.06. The molecule has 0 amide bonds. The van der Waals surface area contributed by atoms with Crippen LogP contribution in [-0.2, 0) is 7.05 Å². The highest BCUT2D eigenvalue weighted by atomic mass is 32.1. The Bertz CT molecular complexity index is 485. The number of thiocarbonyl (C=S) groups is 1.